The molecule has 0 aliphatic carbocycles. The number of aryl methyl sites for hydroxylation is 1. The largest absolute Gasteiger partial charge is 0.507 e. The van der Waals surface area contributed by atoms with E-state index in [1.807, 2.05) is 13.0 Å². The zero-order valence-corrected chi connectivity index (χ0v) is 16.0. The summed E-state index contributed by atoms with van der Waals surface area (Å²) in [6.07, 6.45) is 0.524. The smallest absolute Gasteiger partial charge is 0.269 e. The molecule has 9 heteroatoms. The number of amides is 1. The summed E-state index contributed by atoms with van der Waals surface area (Å²) < 4.78 is 22.5. The predicted octanol–water partition coefficient (Wildman–Crippen LogP) is 1.71. The number of H-pyrrole nitrogens is 1. The highest BCUT2D eigenvalue weighted by molar-refractivity contribution is 7.89. The Kier molecular flexibility index (Phi) is 5.48. The van der Waals surface area contributed by atoms with E-state index >= 15 is 0 Å². The lowest BCUT2D eigenvalue weighted by atomic mass is 10.1. The van der Waals surface area contributed by atoms with Crippen molar-refractivity contribution in [1.82, 2.24) is 15.5 Å². The lowest BCUT2D eigenvalue weighted by Crippen LogP contribution is -2.26. The van der Waals surface area contributed by atoms with E-state index in [4.69, 9.17) is 5.14 Å². The average Bonchev–Trinajstić information content (AvgIpc) is 3.11. The fourth-order valence-corrected chi connectivity index (χ4v) is 3.21. The number of primary sulfonamides is 1. The molecule has 28 heavy (non-hydrogen) atoms. The van der Waals surface area contributed by atoms with Gasteiger partial charge in [0, 0.05) is 12.1 Å². The molecule has 0 aliphatic rings. The van der Waals surface area contributed by atoms with E-state index in [0.717, 1.165) is 11.1 Å². The summed E-state index contributed by atoms with van der Waals surface area (Å²) in [5.41, 5.74) is 3.08. The molecule has 0 spiro atoms. The van der Waals surface area contributed by atoms with Crippen molar-refractivity contribution in [2.24, 2.45) is 5.14 Å². The monoisotopic (exact) mass is 400 g/mol. The number of nitrogens with two attached hydrogens (primary N) is 1. The van der Waals surface area contributed by atoms with Gasteiger partial charge >= 0.3 is 0 Å². The van der Waals surface area contributed by atoms with Crippen LogP contribution in [0.25, 0.3) is 11.3 Å². The molecule has 0 bridgehead atoms. The molecule has 0 saturated heterocycles. The summed E-state index contributed by atoms with van der Waals surface area (Å²) in [6.45, 7) is 2.23. The average molecular weight is 400 g/mol. The number of aromatic amines is 1. The van der Waals surface area contributed by atoms with E-state index in [1.54, 1.807) is 30.3 Å². The van der Waals surface area contributed by atoms with Gasteiger partial charge in [0.25, 0.3) is 5.91 Å². The lowest BCUT2D eigenvalue weighted by Gasteiger charge is -2.05. The van der Waals surface area contributed by atoms with Crippen molar-refractivity contribution in [2.45, 2.75) is 18.2 Å². The van der Waals surface area contributed by atoms with Gasteiger partial charge < -0.3 is 10.4 Å². The van der Waals surface area contributed by atoms with Crippen molar-refractivity contribution >= 4 is 15.9 Å². The number of hydrogen-bond acceptors (Lipinski definition) is 5. The first-order chi connectivity index (χ1) is 13.2. The second-order valence-corrected chi connectivity index (χ2v) is 7.94. The Hall–Kier alpha value is -3.17. The van der Waals surface area contributed by atoms with E-state index in [0.29, 0.717) is 24.2 Å². The number of carbonyl (C=O) groups excluding carboxylic acids is 1. The third-order valence-corrected chi connectivity index (χ3v) is 5.13. The van der Waals surface area contributed by atoms with Crippen LogP contribution in [0.5, 0.6) is 5.75 Å². The number of carbonyl (C=O) groups is 1. The number of aromatic hydroxyl groups is 1. The number of aromatic nitrogens is 2. The predicted molar refractivity (Wildman–Crippen MR) is 104 cm³/mol. The summed E-state index contributed by atoms with van der Waals surface area (Å²) >= 11 is 0. The van der Waals surface area contributed by atoms with Crippen LogP contribution in [0.1, 0.15) is 21.6 Å². The molecule has 0 saturated carbocycles. The van der Waals surface area contributed by atoms with Crippen LogP contribution in [0, 0.1) is 6.92 Å². The van der Waals surface area contributed by atoms with Gasteiger partial charge in [0.15, 0.2) is 0 Å². The first-order valence-electron chi connectivity index (χ1n) is 8.49. The highest BCUT2D eigenvalue weighted by atomic mass is 32.2. The maximum absolute atomic E-state index is 12.3. The van der Waals surface area contributed by atoms with Crippen LogP contribution < -0.4 is 10.5 Å². The minimum atomic E-state index is -3.71. The number of nitrogens with one attached hydrogen (secondary N) is 2. The number of rotatable bonds is 6. The van der Waals surface area contributed by atoms with E-state index in [1.165, 1.54) is 12.1 Å². The van der Waals surface area contributed by atoms with Crippen LogP contribution in [0.2, 0.25) is 0 Å². The summed E-state index contributed by atoms with van der Waals surface area (Å²) in [7, 11) is -3.71. The van der Waals surface area contributed by atoms with Gasteiger partial charge in [0.05, 0.1) is 10.6 Å². The van der Waals surface area contributed by atoms with Crippen LogP contribution in [-0.4, -0.2) is 36.2 Å². The standard InChI is InChI=1S/C19H20N4O4S/c1-12-2-7-15(18(24)10-12)16-11-17(23-22-16)19(25)21-9-8-13-3-5-14(6-4-13)28(20,26)27/h2-7,10-11,24H,8-9H2,1H3,(H,21,25)(H,22,23)(H2,20,26,27). The van der Waals surface area contributed by atoms with Crippen LogP contribution in [0.4, 0.5) is 0 Å². The zero-order chi connectivity index (χ0) is 20.3. The van der Waals surface area contributed by atoms with Crippen molar-refractivity contribution < 1.29 is 18.3 Å². The molecule has 0 fully saturated rings. The normalized spacial score (nSPS) is 11.4. The molecule has 1 amide bonds. The second kappa shape index (κ2) is 7.83. The zero-order valence-electron chi connectivity index (χ0n) is 15.1. The summed E-state index contributed by atoms with van der Waals surface area (Å²) in [6, 6.07) is 13.0. The highest BCUT2D eigenvalue weighted by Crippen LogP contribution is 2.28. The number of phenolic OH excluding ortho intramolecular Hbond substituents is 1. The molecule has 5 N–H and O–H groups in total. The Morgan fingerprint density at radius 1 is 1.18 bits per heavy atom. The van der Waals surface area contributed by atoms with E-state index in [-0.39, 0.29) is 22.2 Å². The number of benzene rings is 2. The molecule has 8 nitrogen and oxygen atoms in total. The number of phenols is 1. The Labute approximate surface area is 162 Å². The molecule has 1 aromatic heterocycles. The van der Waals surface area contributed by atoms with Crippen molar-refractivity contribution in [2.75, 3.05) is 6.54 Å². The summed E-state index contributed by atoms with van der Waals surface area (Å²) in [5.74, 6) is -0.229. The van der Waals surface area contributed by atoms with E-state index in [9.17, 15) is 18.3 Å². The minimum Gasteiger partial charge on any atom is -0.507 e. The van der Waals surface area contributed by atoms with Gasteiger partial charge in [0.1, 0.15) is 11.4 Å². The molecular formula is C19H20N4O4S. The maximum Gasteiger partial charge on any atom is 0.269 e. The molecule has 0 atom stereocenters. The van der Waals surface area contributed by atoms with Gasteiger partial charge in [-0.2, -0.15) is 5.10 Å². The SMILES string of the molecule is Cc1ccc(-c2cc(C(=O)NCCc3ccc(S(N)(=O)=O)cc3)[nH]n2)c(O)c1. The van der Waals surface area contributed by atoms with Gasteiger partial charge in [-0.05, 0) is 54.8 Å². The third kappa shape index (κ3) is 4.56. The van der Waals surface area contributed by atoms with Crippen LogP contribution in [-0.2, 0) is 16.4 Å². The molecule has 0 aliphatic heterocycles. The fraction of sp³-hybridized carbons (Fsp3) is 0.158. The van der Waals surface area contributed by atoms with Crippen molar-refractivity contribution in [3.63, 3.8) is 0 Å². The Bertz CT molecular complexity index is 1110. The van der Waals surface area contributed by atoms with Gasteiger partial charge in [-0.1, -0.05) is 18.2 Å². The molecule has 0 unspecified atom stereocenters. The quantitative estimate of drug-likeness (QED) is 0.499. The molecule has 2 aromatic carbocycles. The molecule has 3 rings (SSSR count). The maximum atomic E-state index is 12.3. The summed E-state index contributed by atoms with van der Waals surface area (Å²) in [5, 5.41) is 24.6. The van der Waals surface area contributed by atoms with Gasteiger partial charge in [-0.15, -0.1) is 0 Å². The van der Waals surface area contributed by atoms with Crippen molar-refractivity contribution in [3.05, 3.63) is 65.4 Å². The molecule has 3 aromatic rings. The molecular weight excluding hydrogens is 380 g/mol. The second-order valence-electron chi connectivity index (χ2n) is 6.38. The lowest BCUT2D eigenvalue weighted by molar-refractivity contribution is 0.0949. The molecule has 0 radical (unpaired) electrons. The molecule has 146 valence electrons. The Morgan fingerprint density at radius 2 is 1.89 bits per heavy atom. The van der Waals surface area contributed by atoms with Gasteiger partial charge in [0.2, 0.25) is 10.0 Å². The van der Waals surface area contributed by atoms with Crippen LogP contribution in [0.15, 0.2) is 53.4 Å². The third-order valence-electron chi connectivity index (χ3n) is 4.20. The van der Waals surface area contributed by atoms with Crippen molar-refractivity contribution in [1.29, 1.82) is 0 Å². The van der Waals surface area contributed by atoms with Crippen LogP contribution in [0.3, 0.4) is 0 Å². The summed E-state index contributed by atoms with van der Waals surface area (Å²) in [4.78, 5) is 12.3. The first-order valence-corrected chi connectivity index (χ1v) is 10.0. The van der Waals surface area contributed by atoms with Gasteiger partial charge in [-0.25, -0.2) is 13.6 Å². The highest BCUT2D eigenvalue weighted by Gasteiger charge is 2.13. The number of hydrogen-bond donors (Lipinski definition) is 4. The minimum absolute atomic E-state index is 0.0460. The van der Waals surface area contributed by atoms with Gasteiger partial charge in [-0.3, -0.25) is 9.89 Å². The van der Waals surface area contributed by atoms with E-state index < -0.39 is 10.0 Å². The fourth-order valence-electron chi connectivity index (χ4n) is 2.70. The van der Waals surface area contributed by atoms with Crippen LogP contribution >= 0.6 is 0 Å². The first kappa shape index (κ1) is 19.6. The Morgan fingerprint density at radius 3 is 2.54 bits per heavy atom. The molecule has 1 heterocycles. The number of sulfonamides is 1. The van der Waals surface area contributed by atoms with Crippen molar-refractivity contribution in [3.8, 4) is 17.0 Å². The van der Waals surface area contributed by atoms with E-state index in [2.05, 4.69) is 15.5 Å². The number of nitrogens with zero attached hydrogens (tertiary/aromatic N) is 1. The topological polar surface area (TPSA) is 138 Å². The Balaban J connectivity index is 1.59.